The quantitative estimate of drug-likeness (QED) is 0.186. The van der Waals surface area contributed by atoms with Crippen LogP contribution in [0.25, 0.3) is 22.1 Å². The van der Waals surface area contributed by atoms with Crippen LogP contribution in [0.2, 0.25) is 0 Å². The highest BCUT2D eigenvalue weighted by molar-refractivity contribution is 5.85. The van der Waals surface area contributed by atoms with Crippen molar-refractivity contribution in [3.63, 3.8) is 0 Å². The summed E-state index contributed by atoms with van der Waals surface area (Å²) in [6.45, 7) is 7.73. The minimum atomic E-state index is -0.992. The normalized spacial score (nSPS) is 11.2. The van der Waals surface area contributed by atoms with E-state index in [2.05, 4.69) is 0 Å². The largest absolute Gasteiger partial charge is 0.617 e. The van der Waals surface area contributed by atoms with Gasteiger partial charge < -0.3 is 29.4 Å². The summed E-state index contributed by atoms with van der Waals surface area (Å²) in [4.78, 5) is 24.0. The van der Waals surface area contributed by atoms with Gasteiger partial charge in [0.1, 0.15) is 0 Å². The van der Waals surface area contributed by atoms with Crippen molar-refractivity contribution in [2.45, 2.75) is 27.7 Å². The molecule has 0 radical (unpaired) electrons. The average Bonchev–Trinajstić information content (AvgIpc) is 2.74. The number of benzene rings is 2. The Bertz CT molecular complexity index is 1070. The van der Waals surface area contributed by atoms with Crippen molar-refractivity contribution >= 4 is 34.4 Å². The summed E-state index contributed by atoms with van der Waals surface area (Å²) < 4.78 is 21.2. The predicted octanol–water partition coefficient (Wildman–Crippen LogP) is 3.60. The summed E-state index contributed by atoms with van der Waals surface area (Å²) in [5.41, 5.74) is -0.520. The monoisotopic (exact) mass is 444 g/mol. The molecule has 0 saturated heterocycles. The number of rotatable bonds is 6. The molecular formula is C22H24N2O8. The first-order valence-corrected chi connectivity index (χ1v) is 10.1. The van der Waals surface area contributed by atoms with E-state index in [1.807, 2.05) is 27.7 Å². The lowest BCUT2D eigenvalue weighted by Crippen LogP contribution is -2.40. The highest BCUT2D eigenvalue weighted by Crippen LogP contribution is 2.27. The van der Waals surface area contributed by atoms with E-state index in [-0.39, 0.29) is 58.6 Å². The molecule has 0 aliphatic heterocycles. The minimum absolute atomic E-state index is 0.0896. The number of hydrogen-bond acceptors (Lipinski definition) is 8. The molecule has 3 aromatic rings. The third-order valence-corrected chi connectivity index (χ3v) is 4.25. The van der Waals surface area contributed by atoms with Crippen LogP contribution in [0.5, 0.6) is 11.5 Å². The van der Waals surface area contributed by atoms with E-state index < -0.39 is 12.3 Å². The number of fused-ring (bicyclic) bond motifs is 2. The highest BCUT2D eigenvalue weighted by Gasteiger charge is 2.29. The van der Waals surface area contributed by atoms with E-state index >= 15 is 0 Å². The Balaban J connectivity index is 2.05. The molecular weight excluding hydrogens is 420 g/mol. The Morgan fingerprint density at radius 3 is 1.47 bits per heavy atom. The van der Waals surface area contributed by atoms with Crippen molar-refractivity contribution in [2.75, 3.05) is 13.2 Å². The van der Waals surface area contributed by atoms with Gasteiger partial charge in [-0.05, 0) is 24.0 Å². The van der Waals surface area contributed by atoms with Crippen molar-refractivity contribution in [3.05, 3.63) is 46.8 Å². The Hall–Kier alpha value is -3.82. The van der Waals surface area contributed by atoms with Gasteiger partial charge in [-0.3, -0.25) is 0 Å². The van der Waals surface area contributed by atoms with Gasteiger partial charge in [0.2, 0.25) is 11.5 Å². The Morgan fingerprint density at radius 2 is 1.12 bits per heavy atom. The lowest BCUT2D eigenvalue weighted by molar-refractivity contribution is -0.591. The van der Waals surface area contributed by atoms with Crippen molar-refractivity contribution in [1.82, 2.24) is 0 Å². The Kier molecular flexibility index (Phi) is 6.82. The van der Waals surface area contributed by atoms with Crippen LogP contribution in [0.4, 0.5) is 9.59 Å². The molecule has 0 fully saturated rings. The molecule has 10 nitrogen and oxygen atoms in total. The molecule has 0 spiro atoms. The first-order chi connectivity index (χ1) is 15.2. The molecule has 0 aliphatic carbocycles. The van der Waals surface area contributed by atoms with E-state index in [1.165, 1.54) is 36.4 Å². The van der Waals surface area contributed by atoms with Crippen LogP contribution in [0, 0.1) is 22.3 Å². The molecule has 3 rings (SSSR count). The van der Waals surface area contributed by atoms with Crippen molar-refractivity contribution < 1.29 is 38.0 Å². The van der Waals surface area contributed by atoms with Crippen LogP contribution in [0.15, 0.2) is 36.4 Å². The van der Waals surface area contributed by atoms with Crippen LogP contribution >= 0.6 is 0 Å². The highest BCUT2D eigenvalue weighted by atomic mass is 16.7. The van der Waals surface area contributed by atoms with Gasteiger partial charge in [-0.15, -0.1) is 0 Å². The fourth-order valence-electron chi connectivity index (χ4n) is 2.87. The van der Waals surface area contributed by atoms with Crippen molar-refractivity contribution in [2.24, 2.45) is 11.8 Å². The maximum atomic E-state index is 13.1. The molecule has 170 valence electrons. The molecule has 2 aromatic carbocycles. The van der Waals surface area contributed by atoms with Crippen LogP contribution < -0.4 is 18.9 Å². The molecule has 1 heterocycles. The topological polar surface area (TPSA) is 125 Å². The molecule has 0 N–H and O–H groups in total. The molecule has 0 amide bonds. The molecule has 32 heavy (non-hydrogen) atoms. The van der Waals surface area contributed by atoms with Crippen LogP contribution in [-0.2, 0) is 9.47 Å². The second-order valence-corrected chi connectivity index (χ2v) is 7.95. The van der Waals surface area contributed by atoms with E-state index in [9.17, 15) is 20.0 Å². The maximum absolute atomic E-state index is 13.1. The van der Waals surface area contributed by atoms with E-state index in [0.717, 1.165) is 0 Å². The first-order valence-electron chi connectivity index (χ1n) is 10.1. The number of hydrogen-bond donors (Lipinski definition) is 0. The average molecular weight is 444 g/mol. The fourth-order valence-corrected chi connectivity index (χ4v) is 2.87. The molecule has 10 heteroatoms. The van der Waals surface area contributed by atoms with Gasteiger partial charge in [0.05, 0.1) is 13.2 Å². The predicted molar refractivity (Wildman–Crippen MR) is 113 cm³/mol. The minimum Gasteiger partial charge on any atom is -0.617 e. The standard InChI is InChI=1S/C22H24N2O8/c1-13(2)11-29-21(25)31-17-9-5-7-15-19(17)23(27)16-8-6-10-18(20(16)24(15)28)32-22(26)30-12-14(3)4/h5-10,13-14H,11-12H2,1-4H3. The van der Waals surface area contributed by atoms with E-state index in [0.29, 0.717) is 9.46 Å². The SMILES string of the molecule is CC(C)COC(=O)Oc1cccc2c1[n+]([O-])c1cccc(OC(=O)OCC(C)C)c1[n+]2[O-]. The second-order valence-electron chi connectivity index (χ2n) is 7.95. The van der Waals surface area contributed by atoms with E-state index in [4.69, 9.17) is 18.9 Å². The Labute approximate surface area is 184 Å². The molecule has 0 aliphatic rings. The summed E-state index contributed by atoms with van der Waals surface area (Å²) in [7, 11) is 0. The zero-order valence-electron chi connectivity index (χ0n) is 18.2. The second kappa shape index (κ2) is 9.54. The number of carbonyl (C=O) groups excluding carboxylic acids is 2. The summed E-state index contributed by atoms with van der Waals surface area (Å²) in [5.74, 6) is -0.0864. The number of nitrogens with zero attached hydrogens (tertiary/aromatic N) is 2. The summed E-state index contributed by atoms with van der Waals surface area (Å²) in [5, 5.41) is 26.2. The zero-order valence-corrected chi connectivity index (χ0v) is 18.2. The number of carbonyl (C=O) groups is 2. The number of aromatic nitrogens is 2. The van der Waals surface area contributed by atoms with Crippen LogP contribution in [-0.4, -0.2) is 25.5 Å². The molecule has 0 atom stereocenters. The zero-order chi connectivity index (χ0) is 23.4. The third-order valence-electron chi connectivity index (χ3n) is 4.25. The van der Waals surface area contributed by atoms with Gasteiger partial charge >= 0.3 is 23.3 Å². The molecule has 1 aromatic heterocycles. The maximum Gasteiger partial charge on any atom is 0.514 e. The van der Waals surface area contributed by atoms with Gasteiger partial charge in [0.15, 0.2) is 0 Å². The van der Waals surface area contributed by atoms with Crippen LogP contribution in [0.1, 0.15) is 27.7 Å². The van der Waals surface area contributed by atoms with Gasteiger partial charge in [0.25, 0.3) is 11.0 Å². The van der Waals surface area contributed by atoms with Gasteiger partial charge in [-0.2, -0.15) is 9.46 Å². The van der Waals surface area contributed by atoms with Gasteiger partial charge in [-0.25, -0.2) is 9.59 Å². The van der Waals surface area contributed by atoms with E-state index in [1.54, 1.807) is 0 Å². The Morgan fingerprint density at radius 1 is 0.750 bits per heavy atom. The molecule has 0 unspecified atom stereocenters. The molecule has 0 saturated carbocycles. The third kappa shape index (κ3) is 4.90. The summed E-state index contributed by atoms with van der Waals surface area (Å²) in [6.07, 6.45) is -1.98. The van der Waals surface area contributed by atoms with Crippen molar-refractivity contribution in [1.29, 1.82) is 0 Å². The molecule has 0 bridgehead atoms. The summed E-state index contributed by atoms with van der Waals surface area (Å²) in [6, 6.07) is 8.43. The van der Waals surface area contributed by atoms with Gasteiger partial charge in [-0.1, -0.05) is 39.8 Å². The fraction of sp³-hybridized carbons (Fsp3) is 0.364. The lowest BCUT2D eigenvalue weighted by Gasteiger charge is -2.13. The smallest absolute Gasteiger partial charge is 0.514 e. The van der Waals surface area contributed by atoms with Crippen molar-refractivity contribution in [3.8, 4) is 11.5 Å². The number of ether oxygens (including phenoxy) is 4. The lowest BCUT2D eigenvalue weighted by atomic mass is 10.2. The number of para-hydroxylation sites is 2. The summed E-state index contributed by atoms with van der Waals surface area (Å²) >= 11 is 0. The van der Waals surface area contributed by atoms with Gasteiger partial charge in [0, 0.05) is 12.1 Å². The first kappa shape index (κ1) is 22.9. The van der Waals surface area contributed by atoms with Crippen LogP contribution in [0.3, 0.4) is 0 Å².